The van der Waals surface area contributed by atoms with E-state index in [1.54, 1.807) is 0 Å². The van der Waals surface area contributed by atoms with E-state index in [2.05, 4.69) is 40.2 Å². The molecule has 2 aliphatic carbocycles. The lowest BCUT2D eigenvalue weighted by Crippen LogP contribution is -2.32. The number of halogens is 1. The Morgan fingerprint density at radius 1 is 0.700 bits per heavy atom. The summed E-state index contributed by atoms with van der Waals surface area (Å²) < 4.78 is 0. The molecule has 2 aromatic carbocycles. The van der Waals surface area contributed by atoms with E-state index in [1.807, 2.05) is 36.4 Å². The highest BCUT2D eigenvalue weighted by atomic mass is 35.5. The topological polar surface area (TPSA) is 70.2 Å². The predicted octanol–water partition coefficient (Wildman–Crippen LogP) is 3.12. The fourth-order valence-corrected chi connectivity index (χ4v) is 3.93. The van der Waals surface area contributed by atoms with Gasteiger partial charge in [0.05, 0.1) is 0 Å². The van der Waals surface area contributed by atoms with Crippen molar-refractivity contribution in [3.8, 4) is 0 Å². The van der Waals surface area contributed by atoms with E-state index in [0.717, 1.165) is 12.8 Å². The minimum atomic E-state index is 0. The summed E-state index contributed by atoms with van der Waals surface area (Å²) in [5, 5.41) is 9.40. The molecule has 2 saturated carbocycles. The zero-order valence-corrected chi connectivity index (χ0v) is 17.9. The Hall–Kier alpha value is -2.37. The Bertz CT molecular complexity index is 761. The Balaban J connectivity index is 0.00000256. The largest absolute Gasteiger partial charge is 0.353 e. The second kappa shape index (κ2) is 10.6. The molecule has 0 spiro atoms. The zero-order chi connectivity index (χ0) is 20.1. The number of carbonyl (C=O) groups excluding carboxylic acids is 2. The van der Waals surface area contributed by atoms with Gasteiger partial charge in [-0.1, -0.05) is 60.7 Å². The SMILES string of the molecule is Cl.O=C(CCNCCC(=O)N[C@H]1C[C@@H]1c1ccccc1)N[C@H]1C[C@@H]1c1ccccc1. The minimum absolute atomic E-state index is 0. The summed E-state index contributed by atoms with van der Waals surface area (Å²) in [6.45, 7) is 1.19. The van der Waals surface area contributed by atoms with Crippen molar-refractivity contribution in [1.82, 2.24) is 16.0 Å². The molecule has 5 nitrogen and oxygen atoms in total. The van der Waals surface area contributed by atoms with Gasteiger partial charge in [-0.2, -0.15) is 0 Å². The monoisotopic (exact) mass is 427 g/mol. The fourth-order valence-electron chi connectivity index (χ4n) is 3.93. The first-order chi connectivity index (χ1) is 14.2. The lowest BCUT2D eigenvalue weighted by Gasteiger charge is -2.07. The molecule has 0 saturated heterocycles. The first kappa shape index (κ1) is 22.3. The van der Waals surface area contributed by atoms with Crippen molar-refractivity contribution >= 4 is 24.2 Å². The van der Waals surface area contributed by atoms with E-state index in [0.29, 0.717) is 37.8 Å². The summed E-state index contributed by atoms with van der Waals surface area (Å²) in [6.07, 6.45) is 2.93. The van der Waals surface area contributed by atoms with Gasteiger partial charge in [0.2, 0.25) is 11.8 Å². The van der Waals surface area contributed by atoms with E-state index in [1.165, 1.54) is 11.1 Å². The number of amides is 2. The first-order valence-corrected chi connectivity index (χ1v) is 10.6. The van der Waals surface area contributed by atoms with E-state index >= 15 is 0 Å². The molecule has 160 valence electrons. The molecule has 0 heterocycles. The van der Waals surface area contributed by atoms with Crippen LogP contribution >= 0.6 is 12.4 Å². The molecular weight excluding hydrogens is 398 g/mol. The van der Waals surface area contributed by atoms with E-state index in [4.69, 9.17) is 0 Å². The molecule has 3 N–H and O–H groups in total. The molecule has 0 aliphatic heterocycles. The molecular formula is C24H30ClN3O2. The normalized spacial score (nSPS) is 23.7. The summed E-state index contributed by atoms with van der Waals surface area (Å²) in [4.78, 5) is 24.1. The van der Waals surface area contributed by atoms with Crippen LogP contribution in [0.5, 0.6) is 0 Å². The van der Waals surface area contributed by atoms with Crippen LogP contribution in [0.25, 0.3) is 0 Å². The molecule has 2 amide bonds. The number of hydrogen-bond acceptors (Lipinski definition) is 3. The fraction of sp³-hybridized carbons (Fsp3) is 0.417. The Kier molecular flexibility index (Phi) is 7.88. The molecule has 6 heteroatoms. The first-order valence-electron chi connectivity index (χ1n) is 10.6. The molecule has 2 aliphatic rings. The van der Waals surface area contributed by atoms with Crippen molar-refractivity contribution < 1.29 is 9.59 Å². The predicted molar refractivity (Wildman–Crippen MR) is 121 cm³/mol. The van der Waals surface area contributed by atoms with Gasteiger partial charge in [0, 0.05) is 49.9 Å². The lowest BCUT2D eigenvalue weighted by atomic mass is 10.1. The van der Waals surface area contributed by atoms with E-state index in [-0.39, 0.29) is 36.3 Å². The summed E-state index contributed by atoms with van der Waals surface area (Å²) in [5.74, 6) is 1.07. The van der Waals surface area contributed by atoms with Gasteiger partial charge in [0.1, 0.15) is 0 Å². The van der Waals surface area contributed by atoms with E-state index < -0.39 is 0 Å². The van der Waals surface area contributed by atoms with Crippen molar-refractivity contribution in [2.45, 2.75) is 49.6 Å². The third-order valence-electron chi connectivity index (χ3n) is 5.79. The van der Waals surface area contributed by atoms with Gasteiger partial charge in [-0.05, 0) is 24.0 Å². The van der Waals surface area contributed by atoms with Crippen LogP contribution in [0.1, 0.15) is 48.6 Å². The quantitative estimate of drug-likeness (QED) is 0.510. The van der Waals surface area contributed by atoms with E-state index in [9.17, 15) is 9.59 Å². The van der Waals surface area contributed by atoms with Crippen molar-refractivity contribution in [2.75, 3.05) is 13.1 Å². The van der Waals surface area contributed by atoms with Crippen LogP contribution in [0, 0.1) is 0 Å². The second-order valence-corrected chi connectivity index (χ2v) is 8.10. The van der Waals surface area contributed by atoms with Crippen LogP contribution in [-0.2, 0) is 9.59 Å². The highest BCUT2D eigenvalue weighted by Crippen LogP contribution is 2.41. The third-order valence-corrected chi connectivity index (χ3v) is 5.79. The van der Waals surface area contributed by atoms with Crippen LogP contribution < -0.4 is 16.0 Å². The van der Waals surface area contributed by atoms with Gasteiger partial charge in [-0.15, -0.1) is 12.4 Å². The zero-order valence-electron chi connectivity index (χ0n) is 17.1. The average Bonchev–Trinajstić information content (AvgIpc) is 3.66. The van der Waals surface area contributed by atoms with Crippen LogP contribution in [0.3, 0.4) is 0 Å². The summed E-state index contributed by atoms with van der Waals surface area (Å²) >= 11 is 0. The third kappa shape index (κ3) is 6.31. The smallest absolute Gasteiger partial charge is 0.221 e. The van der Waals surface area contributed by atoms with Crippen molar-refractivity contribution in [3.05, 3.63) is 71.8 Å². The van der Waals surface area contributed by atoms with Gasteiger partial charge in [-0.25, -0.2) is 0 Å². The molecule has 0 radical (unpaired) electrons. The van der Waals surface area contributed by atoms with Crippen LogP contribution in [-0.4, -0.2) is 37.0 Å². The summed E-state index contributed by atoms with van der Waals surface area (Å²) in [6, 6.07) is 21.2. The molecule has 0 aromatic heterocycles. The number of nitrogens with one attached hydrogen (secondary N) is 3. The highest BCUT2D eigenvalue weighted by molar-refractivity contribution is 5.85. The van der Waals surface area contributed by atoms with Gasteiger partial charge in [-0.3, -0.25) is 9.59 Å². The van der Waals surface area contributed by atoms with Crippen molar-refractivity contribution in [2.24, 2.45) is 0 Å². The van der Waals surface area contributed by atoms with Crippen LogP contribution in [0.4, 0.5) is 0 Å². The number of hydrogen-bond donors (Lipinski definition) is 3. The highest BCUT2D eigenvalue weighted by Gasteiger charge is 2.39. The van der Waals surface area contributed by atoms with Gasteiger partial charge in [0.25, 0.3) is 0 Å². The Morgan fingerprint density at radius 3 is 1.50 bits per heavy atom. The number of carbonyl (C=O) groups is 2. The van der Waals surface area contributed by atoms with Crippen molar-refractivity contribution in [3.63, 3.8) is 0 Å². The molecule has 4 atom stereocenters. The standard InChI is InChI=1S/C24H29N3O2.ClH/c28-23(26-21-15-19(21)17-7-3-1-4-8-17)11-13-25-14-12-24(29)27-22-16-20(22)18-9-5-2-6-10-18;/h1-10,19-22,25H,11-16H2,(H,26,28)(H,27,29);1H/t19-,20-,21+,22+;/m1./s1. The van der Waals surface area contributed by atoms with Gasteiger partial charge < -0.3 is 16.0 Å². The molecule has 0 bridgehead atoms. The lowest BCUT2D eigenvalue weighted by molar-refractivity contribution is -0.121. The van der Waals surface area contributed by atoms with Crippen molar-refractivity contribution in [1.29, 1.82) is 0 Å². The molecule has 30 heavy (non-hydrogen) atoms. The Morgan fingerprint density at radius 2 is 1.10 bits per heavy atom. The van der Waals surface area contributed by atoms with Gasteiger partial charge in [0.15, 0.2) is 0 Å². The summed E-state index contributed by atoms with van der Waals surface area (Å²) in [7, 11) is 0. The Labute approximate surface area is 184 Å². The van der Waals surface area contributed by atoms with Crippen LogP contribution in [0.15, 0.2) is 60.7 Å². The molecule has 2 aromatic rings. The minimum Gasteiger partial charge on any atom is -0.353 e. The van der Waals surface area contributed by atoms with Gasteiger partial charge >= 0.3 is 0 Å². The van der Waals surface area contributed by atoms with Crippen LogP contribution in [0.2, 0.25) is 0 Å². The average molecular weight is 428 g/mol. The maximum Gasteiger partial charge on any atom is 0.221 e. The second-order valence-electron chi connectivity index (χ2n) is 8.10. The maximum atomic E-state index is 12.1. The molecule has 4 rings (SSSR count). The number of rotatable bonds is 10. The molecule has 0 unspecified atom stereocenters. The maximum absolute atomic E-state index is 12.1. The molecule has 2 fully saturated rings. The number of benzene rings is 2. The summed E-state index contributed by atoms with van der Waals surface area (Å²) in [5.41, 5.74) is 2.60.